The van der Waals surface area contributed by atoms with Crippen molar-refractivity contribution in [1.29, 1.82) is 0 Å². The summed E-state index contributed by atoms with van der Waals surface area (Å²) >= 11 is 6.02. The highest BCUT2D eigenvalue weighted by Crippen LogP contribution is 2.24. The van der Waals surface area contributed by atoms with E-state index in [0.717, 1.165) is 10.8 Å². The molecule has 1 saturated heterocycles. The van der Waals surface area contributed by atoms with Crippen molar-refractivity contribution < 1.29 is 14.3 Å². The number of halogens is 1. The predicted molar refractivity (Wildman–Crippen MR) is 99.7 cm³/mol. The van der Waals surface area contributed by atoms with Crippen molar-refractivity contribution in [3.8, 4) is 11.6 Å². The minimum absolute atomic E-state index is 0.00933. The average Bonchev–Trinajstić information content (AvgIpc) is 2.63. The maximum atomic E-state index is 12.2. The number of fused-ring (bicyclic) bond motifs is 1. The van der Waals surface area contributed by atoms with Crippen LogP contribution in [0.25, 0.3) is 10.8 Å². The average molecular weight is 369 g/mol. The van der Waals surface area contributed by atoms with E-state index < -0.39 is 0 Å². The van der Waals surface area contributed by atoms with Gasteiger partial charge in [0.05, 0.1) is 13.1 Å². The van der Waals surface area contributed by atoms with Crippen molar-refractivity contribution in [2.24, 2.45) is 0 Å². The second-order valence-electron chi connectivity index (χ2n) is 6.13. The molecule has 3 aromatic rings. The molecule has 1 fully saturated rings. The van der Waals surface area contributed by atoms with Gasteiger partial charge in [-0.3, -0.25) is 4.79 Å². The molecule has 0 unspecified atom stereocenters. The molecule has 1 aliphatic heterocycles. The van der Waals surface area contributed by atoms with Crippen LogP contribution >= 0.6 is 11.6 Å². The van der Waals surface area contributed by atoms with Crippen LogP contribution in [0.15, 0.2) is 60.8 Å². The van der Waals surface area contributed by atoms with Crippen LogP contribution in [0.2, 0.25) is 5.02 Å². The molecule has 0 spiro atoms. The van der Waals surface area contributed by atoms with E-state index in [4.69, 9.17) is 21.1 Å². The van der Waals surface area contributed by atoms with E-state index >= 15 is 0 Å². The van der Waals surface area contributed by atoms with Crippen LogP contribution in [0.1, 0.15) is 0 Å². The van der Waals surface area contributed by atoms with Crippen molar-refractivity contribution in [2.45, 2.75) is 6.10 Å². The molecule has 1 amide bonds. The number of hydrogen-bond acceptors (Lipinski definition) is 4. The van der Waals surface area contributed by atoms with Crippen molar-refractivity contribution in [1.82, 2.24) is 9.88 Å². The zero-order valence-corrected chi connectivity index (χ0v) is 14.7. The molecule has 132 valence electrons. The zero-order valence-electron chi connectivity index (χ0n) is 14.0. The molecule has 6 heteroatoms. The minimum Gasteiger partial charge on any atom is -0.484 e. The molecule has 0 bridgehead atoms. The standard InChI is InChI=1S/C20H17ClN2O3/c21-18-6-3-9-22-20(18)26-17-11-23(12-17)19(24)13-25-16-8-7-14-4-1-2-5-15(14)10-16/h1-10,17H,11-13H2. The van der Waals surface area contributed by atoms with Crippen molar-refractivity contribution >= 4 is 28.3 Å². The van der Waals surface area contributed by atoms with Crippen LogP contribution in [0, 0.1) is 0 Å². The second-order valence-corrected chi connectivity index (χ2v) is 6.53. The molecule has 4 rings (SSSR count). The van der Waals surface area contributed by atoms with Crippen LogP contribution < -0.4 is 9.47 Å². The molecule has 26 heavy (non-hydrogen) atoms. The van der Waals surface area contributed by atoms with Gasteiger partial charge in [0.2, 0.25) is 5.88 Å². The van der Waals surface area contributed by atoms with Gasteiger partial charge >= 0.3 is 0 Å². The monoisotopic (exact) mass is 368 g/mol. The smallest absolute Gasteiger partial charge is 0.260 e. The summed E-state index contributed by atoms with van der Waals surface area (Å²) < 4.78 is 11.3. The van der Waals surface area contributed by atoms with Gasteiger partial charge in [0.25, 0.3) is 5.91 Å². The molecule has 0 aliphatic carbocycles. The molecule has 0 saturated carbocycles. The van der Waals surface area contributed by atoms with Gasteiger partial charge in [0.15, 0.2) is 6.61 Å². The molecular formula is C20H17ClN2O3. The fraction of sp³-hybridized carbons (Fsp3) is 0.200. The summed E-state index contributed by atoms with van der Waals surface area (Å²) in [5.41, 5.74) is 0. The highest BCUT2D eigenvalue weighted by Gasteiger charge is 2.33. The summed E-state index contributed by atoms with van der Waals surface area (Å²) in [5, 5.41) is 2.70. The third-order valence-corrected chi connectivity index (χ3v) is 4.57. The normalized spacial score (nSPS) is 14.1. The molecule has 0 atom stereocenters. The Balaban J connectivity index is 1.27. The van der Waals surface area contributed by atoms with Gasteiger partial charge in [-0.15, -0.1) is 0 Å². The first-order valence-electron chi connectivity index (χ1n) is 8.35. The van der Waals surface area contributed by atoms with E-state index in [1.165, 1.54) is 0 Å². The topological polar surface area (TPSA) is 51.7 Å². The lowest BCUT2D eigenvalue weighted by molar-refractivity contribution is -0.142. The van der Waals surface area contributed by atoms with Crippen LogP contribution in [0.4, 0.5) is 0 Å². The van der Waals surface area contributed by atoms with E-state index in [0.29, 0.717) is 29.7 Å². The highest BCUT2D eigenvalue weighted by atomic mass is 35.5. The maximum absolute atomic E-state index is 12.2. The van der Waals surface area contributed by atoms with Gasteiger partial charge < -0.3 is 14.4 Å². The molecule has 1 aliphatic rings. The second kappa shape index (κ2) is 7.22. The first kappa shape index (κ1) is 16.7. The molecule has 1 aromatic heterocycles. The Morgan fingerprint density at radius 3 is 2.73 bits per heavy atom. The van der Waals surface area contributed by atoms with Gasteiger partial charge in [0, 0.05) is 6.20 Å². The number of ether oxygens (including phenoxy) is 2. The lowest BCUT2D eigenvalue weighted by Gasteiger charge is -2.38. The number of carbonyl (C=O) groups is 1. The largest absolute Gasteiger partial charge is 0.484 e. The van der Waals surface area contributed by atoms with Gasteiger partial charge in [-0.2, -0.15) is 0 Å². The maximum Gasteiger partial charge on any atom is 0.260 e. The number of carbonyl (C=O) groups excluding carboxylic acids is 1. The Hall–Kier alpha value is -2.79. The molecule has 2 aromatic carbocycles. The van der Waals surface area contributed by atoms with Gasteiger partial charge in [-0.05, 0) is 35.0 Å². The number of likely N-dealkylation sites (tertiary alicyclic amines) is 1. The summed E-state index contributed by atoms with van der Waals surface area (Å²) in [6.45, 7) is 1.02. The van der Waals surface area contributed by atoms with Crippen LogP contribution in [0.3, 0.4) is 0 Å². The Morgan fingerprint density at radius 1 is 1.12 bits per heavy atom. The Labute approximate surface area is 156 Å². The van der Waals surface area contributed by atoms with Crippen molar-refractivity contribution in [3.05, 3.63) is 65.8 Å². The number of pyridine rings is 1. The summed E-state index contributed by atoms with van der Waals surface area (Å²) in [6.07, 6.45) is 1.53. The Kier molecular flexibility index (Phi) is 4.63. The quantitative estimate of drug-likeness (QED) is 0.691. The van der Waals surface area contributed by atoms with Crippen LogP contribution in [0.5, 0.6) is 11.6 Å². The molecule has 0 radical (unpaired) electrons. The SMILES string of the molecule is O=C(COc1ccc2ccccc2c1)N1CC(Oc2ncccc2Cl)C1. The molecule has 5 nitrogen and oxygen atoms in total. The highest BCUT2D eigenvalue weighted by molar-refractivity contribution is 6.31. The number of nitrogens with zero attached hydrogens (tertiary/aromatic N) is 2. The number of hydrogen-bond donors (Lipinski definition) is 0. The zero-order chi connectivity index (χ0) is 17.9. The summed E-state index contributed by atoms with van der Waals surface area (Å²) in [7, 11) is 0. The third-order valence-electron chi connectivity index (χ3n) is 4.29. The van der Waals surface area contributed by atoms with E-state index in [1.54, 1.807) is 23.2 Å². The van der Waals surface area contributed by atoms with E-state index in [9.17, 15) is 4.79 Å². The molecule has 0 N–H and O–H groups in total. The number of rotatable bonds is 5. The first-order chi connectivity index (χ1) is 12.7. The fourth-order valence-corrected chi connectivity index (χ4v) is 2.99. The van der Waals surface area contributed by atoms with Gasteiger partial charge in [0.1, 0.15) is 16.9 Å². The van der Waals surface area contributed by atoms with E-state index in [2.05, 4.69) is 4.98 Å². The lowest BCUT2D eigenvalue weighted by Crippen LogP contribution is -2.57. The van der Waals surface area contributed by atoms with E-state index in [-0.39, 0.29) is 18.6 Å². The minimum atomic E-state index is -0.0907. The van der Waals surface area contributed by atoms with Crippen molar-refractivity contribution in [2.75, 3.05) is 19.7 Å². The summed E-state index contributed by atoms with van der Waals surface area (Å²) in [6, 6.07) is 17.3. The van der Waals surface area contributed by atoms with Crippen molar-refractivity contribution in [3.63, 3.8) is 0 Å². The summed E-state index contributed by atoms with van der Waals surface area (Å²) in [4.78, 5) is 18.0. The first-order valence-corrected chi connectivity index (χ1v) is 8.73. The van der Waals surface area contributed by atoms with Crippen LogP contribution in [-0.2, 0) is 4.79 Å². The third kappa shape index (κ3) is 3.58. The molecular weight excluding hydrogens is 352 g/mol. The Bertz CT molecular complexity index is 941. The number of aromatic nitrogens is 1. The van der Waals surface area contributed by atoms with Crippen LogP contribution in [-0.4, -0.2) is 41.6 Å². The summed E-state index contributed by atoms with van der Waals surface area (Å²) in [5.74, 6) is 1.02. The lowest BCUT2D eigenvalue weighted by atomic mass is 10.1. The molecule has 2 heterocycles. The Morgan fingerprint density at radius 2 is 1.92 bits per heavy atom. The van der Waals surface area contributed by atoms with Gasteiger partial charge in [-0.1, -0.05) is 41.9 Å². The number of amides is 1. The predicted octanol–water partition coefficient (Wildman–Crippen LogP) is 3.56. The van der Waals surface area contributed by atoms with Gasteiger partial charge in [-0.25, -0.2) is 4.98 Å². The number of benzene rings is 2. The van der Waals surface area contributed by atoms with E-state index in [1.807, 2.05) is 42.5 Å². The fourth-order valence-electron chi connectivity index (χ4n) is 2.83.